The van der Waals surface area contributed by atoms with Gasteiger partial charge < -0.3 is 0 Å². The van der Waals surface area contributed by atoms with Crippen LogP contribution in [0.3, 0.4) is 0 Å². The molecule has 0 N–H and O–H groups in total. The van der Waals surface area contributed by atoms with Crippen molar-refractivity contribution in [3.63, 3.8) is 0 Å². The van der Waals surface area contributed by atoms with Gasteiger partial charge in [-0.1, -0.05) is 35.6 Å². The van der Waals surface area contributed by atoms with Crippen LogP contribution in [-0.4, -0.2) is 12.0 Å². The first-order valence-electron chi connectivity index (χ1n) is 4.79. The van der Waals surface area contributed by atoms with Crippen LogP contribution in [0.2, 0.25) is 0 Å². The Labute approximate surface area is 97.4 Å². The number of Topliss-reactive ketones (excluding diaryl/α,β-unsaturated/α-hetero) is 1. The van der Waals surface area contributed by atoms with Gasteiger partial charge in [0.25, 0.3) is 0 Å². The summed E-state index contributed by atoms with van der Waals surface area (Å²) in [7, 11) is 0. The molecule has 1 nitrogen and oxygen atoms in total. The van der Waals surface area contributed by atoms with Crippen molar-refractivity contribution in [3.8, 4) is 0 Å². The van der Waals surface area contributed by atoms with Crippen LogP contribution in [0.4, 0.5) is 13.2 Å². The van der Waals surface area contributed by atoms with E-state index in [0.29, 0.717) is 6.42 Å². The molecule has 0 amide bonds. The van der Waals surface area contributed by atoms with Gasteiger partial charge >= 0.3 is 6.18 Å². The fourth-order valence-electron chi connectivity index (χ4n) is 0.985. The number of carbonyl (C=O) groups is 1. The van der Waals surface area contributed by atoms with E-state index in [2.05, 4.69) is 0 Å². The van der Waals surface area contributed by atoms with E-state index in [1.165, 1.54) is 0 Å². The molecular formula is C12H25F3O. The lowest BCUT2D eigenvalue weighted by Crippen LogP contribution is -2.23. The second kappa shape index (κ2) is 7.69. The number of hydrogen-bond acceptors (Lipinski definition) is 1. The Morgan fingerprint density at radius 2 is 1.56 bits per heavy atom. The summed E-state index contributed by atoms with van der Waals surface area (Å²) in [5.41, 5.74) is -0.481. The van der Waals surface area contributed by atoms with E-state index in [1.807, 2.05) is 6.92 Å². The largest absolute Gasteiger partial charge is 0.389 e. The molecule has 0 aliphatic rings. The van der Waals surface area contributed by atoms with Crippen LogP contribution in [0.1, 0.15) is 61.3 Å². The summed E-state index contributed by atoms with van der Waals surface area (Å²) < 4.78 is 35.3. The van der Waals surface area contributed by atoms with Gasteiger partial charge in [0.2, 0.25) is 0 Å². The summed E-state index contributed by atoms with van der Waals surface area (Å²) in [6.07, 6.45) is -4.40. The SMILES string of the molecule is C.C.CCC(C)(C)C(=O)CCCC(F)(F)F. The van der Waals surface area contributed by atoms with Gasteiger partial charge in [0, 0.05) is 18.3 Å². The molecule has 0 bridgehead atoms. The van der Waals surface area contributed by atoms with Crippen LogP contribution in [0.15, 0.2) is 0 Å². The molecule has 0 saturated heterocycles. The van der Waals surface area contributed by atoms with Crippen LogP contribution in [0.5, 0.6) is 0 Å². The lowest BCUT2D eigenvalue weighted by Gasteiger charge is -2.20. The molecule has 0 saturated carbocycles. The molecule has 16 heavy (non-hydrogen) atoms. The number of halogens is 3. The summed E-state index contributed by atoms with van der Waals surface area (Å²) in [6, 6.07) is 0. The van der Waals surface area contributed by atoms with Gasteiger partial charge in [-0.05, 0) is 12.8 Å². The summed E-state index contributed by atoms with van der Waals surface area (Å²) in [5, 5.41) is 0. The minimum atomic E-state index is -4.14. The lowest BCUT2D eigenvalue weighted by molar-refractivity contribution is -0.138. The molecular weight excluding hydrogens is 217 g/mol. The van der Waals surface area contributed by atoms with Crippen molar-refractivity contribution < 1.29 is 18.0 Å². The van der Waals surface area contributed by atoms with Crippen LogP contribution in [-0.2, 0) is 4.79 Å². The molecule has 0 aliphatic heterocycles. The van der Waals surface area contributed by atoms with Crippen LogP contribution >= 0.6 is 0 Å². The smallest absolute Gasteiger partial charge is 0.299 e. The highest BCUT2D eigenvalue weighted by molar-refractivity contribution is 5.83. The highest BCUT2D eigenvalue weighted by Gasteiger charge is 2.29. The van der Waals surface area contributed by atoms with Crippen molar-refractivity contribution in [2.24, 2.45) is 5.41 Å². The second-order valence-corrected chi connectivity index (χ2v) is 4.13. The van der Waals surface area contributed by atoms with Gasteiger partial charge in [-0.2, -0.15) is 13.2 Å². The molecule has 0 radical (unpaired) electrons. The molecule has 100 valence electrons. The summed E-state index contributed by atoms with van der Waals surface area (Å²) >= 11 is 0. The molecule has 0 rings (SSSR count). The predicted molar refractivity (Wildman–Crippen MR) is 62.4 cm³/mol. The van der Waals surface area contributed by atoms with E-state index in [-0.39, 0.29) is 33.5 Å². The molecule has 0 heterocycles. The van der Waals surface area contributed by atoms with Crippen molar-refractivity contribution in [2.45, 2.75) is 67.5 Å². The molecule has 0 aliphatic carbocycles. The van der Waals surface area contributed by atoms with Gasteiger partial charge in [-0.3, -0.25) is 4.79 Å². The summed E-state index contributed by atoms with van der Waals surface area (Å²) in [5.74, 6) is -0.0794. The van der Waals surface area contributed by atoms with Crippen molar-refractivity contribution in [2.75, 3.05) is 0 Å². The van der Waals surface area contributed by atoms with E-state index in [0.717, 1.165) is 0 Å². The molecule has 0 aromatic heterocycles. The van der Waals surface area contributed by atoms with E-state index in [1.54, 1.807) is 13.8 Å². The zero-order valence-electron chi connectivity index (χ0n) is 8.87. The highest BCUT2D eigenvalue weighted by atomic mass is 19.4. The van der Waals surface area contributed by atoms with Gasteiger partial charge in [0.15, 0.2) is 0 Å². The van der Waals surface area contributed by atoms with Crippen LogP contribution in [0, 0.1) is 5.41 Å². The van der Waals surface area contributed by atoms with Gasteiger partial charge in [0.05, 0.1) is 0 Å². The van der Waals surface area contributed by atoms with Crippen LogP contribution in [0.25, 0.3) is 0 Å². The van der Waals surface area contributed by atoms with E-state index in [4.69, 9.17) is 0 Å². The highest BCUT2D eigenvalue weighted by Crippen LogP contribution is 2.27. The van der Waals surface area contributed by atoms with Gasteiger partial charge in [0.1, 0.15) is 5.78 Å². The topological polar surface area (TPSA) is 17.1 Å². The fourth-order valence-corrected chi connectivity index (χ4v) is 0.985. The molecule has 0 aromatic rings. The monoisotopic (exact) mass is 242 g/mol. The fraction of sp³-hybridized carbons (Fsp3) is 0.917. The number of rotatable bonds is 5. The van der Waals surface area contributed by atoms with Crippen molar-refractivity contribution in [1.29, 1.82) is 0 Å². The Morgan fingerprint density at radius 3 is 1.88 bits per heavy atom. The zero-order chi connectivity index (χ0) is 11.4. The first kappa shape index (κ1) is 20.8. The number of ketones is 1. The predicted octanol–water partition coefficient (Wildman–Crippen LogP) is 5.00. The van der Waals surface area contributed by atoms with Crippen molar-refractivity contribution >= 4 is 5.78 Å². The summed E-state index contributed by atoms with van der Waals surface area (Å²) in [6.45, 7) is 5.40. The lowest BCUT2D eigenvalue weighted by atomic mass is 9.83. The zero-order valence-corrected chi connectivity index (χ0v) is 8.87. The first-order chi connectivity index (χ1) is 6.19. The Morgan fingerprint density at radius 1 is 1.12 bits per heavy atom. The quantitative estimate of drug-likeness (QED) is 0.663. The molecule has 0 aromatic carbocycles. The average Bonchev–Trinajstić information content (AvgIpc) is 2.02. The standard InChI is InChI=1S/C10H17F3O.2CH4/c1-4-9(2,3)8(14)6-5-7-10(11,12)13;;/h4-7H2,1-3H3;2*1H4. The Hall–Kier alpha value is -0.540. The second-order valence-electron chi connectivity index (χ2n) is 4.13. The third-order valence-electron chi connectivity index (χ3n) is 2.50. The Bertz CT molecular complexity index is 195. The third kappa shape index (κ3) is 8.74. The third-order valence-corrected chi connectivity index (χ3v) is 2.50. The number of alkyl halides is 3. The van der Waals surface area contributed by atoms with Crippen LogP contribution < -0.4 is 0 Å². The van der Waals surface area contributed by atoms with E-state index < -0.39 is 18.0 Å². The number of carbonyl (C=O) groups excluding carboxylic acids is 1. The molecule has 0 fully saturated rings. The maximum Gasteiger partial charge on any atom is 0.389 e. The Balaban J connectivity index is -0.000000845. The normalized spacial score (nSPS) is 11.4. The van der Waals surface area contributed by atoms with Crippen molar-refractivity contribution in [1.82, 2.24) is 0 Å². The molecule has 0 atom stereocenters. The van der Waals surface area contributed by atoms with Gasteiger partial charge in [-0.15, -0.1) is 0 Å². The maximum absolute atomic E-state index is 11.8. The molecule has 0 spiro atoms. The van der Waals surface area contributed by atoms with E-state index >= 15 is 0 Å². The molecule has 0 unspecified atom stereocenters. The van der Waals surface area contributed by atoms with Crippen molar-refractivity contribution in [3.05, 3.63) is 0 Å². The first-order valence-corrected chi connectivity index (χ1v) is 4.79. The minimum Gasteiger partial charge on any atom is -0.299 e. The molecule has 4 heteroatoms. The van der Waals surface area contributed by atoms with Gasteiger partial charge in [-0.25, -0.2) is 0 Å². The maximum atomic E-state index is 11.8. The average molecular weight is 242 g/mol. The number of hydrogen-bond donors (Lipinski definition) is 0. The van der Waals surface area contributed by atoms with E-state index in [9.17, 15) is 18.0 Å². The summed E-state index contributed by atoms with van der Waals surface area (Å²) in [4.78, 5) is 11.4. The Kier molecular flexibility index (Phi) is 10.0. The minimum absolute atomic E-state index is 0.